The van der Waals surface area contributed by atoms with Crippen LogP contribution in [0.1, 0.15) is 42.8 Å². The van der Waals surface area contributed by atoms with Crippen LogP contribution in [-0.4, -0.2) is 47.2 Å². The molecule has 0 radical (unpaired) electrons. The summed E-state index contributed by atoms with van der Waals surface area (Å²) < 4.78 is 12.1. The van der Waals surface area contributed by atoms with E-state index in [1.54, 1.807) is 11.3 Å². The van der Waals surface area contributed by atoms with Crippen LogP contribution in [0.4, 0.5) is 0 Å². The summed E-state index contributed by atoms with van der Waals surface area (Å²) in [4.78, 5) is 18.7. The largest absolute Gasteiger partial charge is 0.372 e. The van der Waals surface area contributed by atoms with E-state index in [1.165, 1.54) is 6.42 Å². The number of carbonyl (C=O) groups is 1. The van der Waals surface area contributed by atoms with Crippen molar-refractivity contribution in [3.63, 3.8) is 0 Å². The van der Waals surface area contributed by atoms with E-state index in [0.29, 0.717) is 12.5 Å². The monoisotopic (exact) mass is 336 g/mol. The van der Waals surface area contributed by atoms with Gasteiger partial charge in [-0.1, -0.05) is 6.42 Å². The summed E-state index contributed by atoms with van der Waals surface area (Å²) in [5.74, 6) is 0.627. The van der Waals surface area contributed by atoms with Gasteiger partial charge >= 0.3 is 0 Å². The maximum atomic E-state index is 12.3. The van der Waals surface area contributed by atoms with Gasteiger partial charge in [0.25, 0.3) is 0 Å². The second-order valence-corrected chi connectivity index (χ2v) is 8.20. The number of rotatable bonds is 4. The zero-order chi connectivity index (χ0) is 15.9. The predicted octanol–water partition coefficient (Wildman–Crippen LogP) is 2.53. The summed E-state index contributed by atoms with van der Waals surface area (Å²) in [6.45, 7) is 4.82. The van der Waals surface area contributed by atoms with Gasteiger partial charge in [0.15, 0.2) is 0 Å². The van der Waals surface area contributed by atoms with Crippen LogP contribution >= 0.6 is 11.3 Å². The number of hydrogen-bond acceptors (Lipinski definition) is 5. The van der Waals surface area contributed by atoms with E-state index < -0.39 is 0 Å². The molecule has 1 saturated carbocycles. The van der Waals surface area contributed by atoms with Crippen LogP contribution in [0.3, 0.4) is 0 Å². The van der Waals surface area contributed by atoms with Crippen LogP contribution in [0, 0.1) is 12.8 Å². The SMILES string of the molecule is Cc1nc(COC2CCOC3(C2)CN(C(=O)C2CCC2)C3)cs1. The molecule has 1 unspecified atom stereocenters. The maximum Gasteiger partial charge on any atom is 0.225 e. The average Bonchev–Trinajstić information content (AvgIpc) is 2.86. The molecule has 0 bridgehead atoms. The lowest BCUT2D eigenvalue weighted by molar-refractivity contribution is -0.205. The van der Waals surface area contributed by atoms with Crippen molar-refractivity contribution >= 4 is 17.2 Å². The molecule has 0 aromatic carbocycles. The topological polar surface area (TPSA) is 51.7 Å². The summed E-state index contributed by atoms with van der Waals surface area (Å²) >= 11 is 1.66. The maximum absolute atomic E-state index is 12.3. The molecule has 1 aromatic rings. The molecule has 4 rings (SSSR count). The van der Waals surface area contributed by atoms with Gasteiger partial charge in [-0.25, -0.2) is 4.98 Å². The molecule has 6 heteroatoms. The van der Waals surface area contributed by atoms with Crippen LogP contribution in [0.5, 0.6) is 0 Å². The number of aromatic nitrogens is 1. The van der Waals surface area contributed by atoms with Gasteiger partial charge < -0.3 is 14.4 Å². The molecule has 23 heavy (non-hydrogen) atoms. The summed E-state index contributed by atoms with van der Waals surface area (Å²) in [7, 11) is 0. The smallest absolute Gasteiger partial charge is 0.225 e. The third kappa shape index (κ3) is 3.16. The molecule has 3 fully saturated rings. The van der Waals surface area contributed by atoms with Crippen molar-refractivity contribution < 1.29 is 14.3 Å². The lowest BCUT2D eigenvalue weighted by atomic mass is 9.80. The van der Waals surface area contributed by atoms with Gasteiger partial charge in [-0.15, -0.1) is 11.3 Å². The Morgan fingerprint density at radius 3 is 2.96 bits per heavy atom. The molecule has 3 heterocycles. The minimum atomic E-state index is -0.152. The molecular weight excluding hydrogens is 312 g/mol. The molecule has 1 spiro atoms. The summed E-state index contributed by atoms with van der Waals surface area (Å²) in [6.07, 6.45) is 5.39. The summed E-state index contributed by atoms with van der Waals surface area (Å²) in [5.41, 5.74) is 0.865. The predicted molar refractivity (Wildman–Crippen MR) is 87.3 cm³/mol. The minimum absolute atomic E-state index is 0.152. The summed E-state index contributed by atoms with van der Waals surface area (Å²) in [6, 6.07) is 0. The first-order valence-electron chi connectivity index (χ1n) is 8.59. The molecule has 0 N–H and O–H groups in total. The highest BCUT2D eigenvalue weighted by Gasteiger charge is 2.50. The van der Waals surface area contributed by atoms with Gasteiger partial charge in [0.1, 0.15) is 5.60 Å². The third-order valence-corrected chi connectivity index (χ3v) is 6.13. The Hall–Kier alpha value is -0.980. The molecular formula is C17H24N2O3S. The first kappa shape index (κ1) is 15.5. The van der Waals surface area contributed by atoms with E-state index in [2.05, 4.69) is 10.4 Å². The number of hydrogen-bond donors (Lipinski definition) is 0. The molecule has 2 saturated heterocycles. The fraction of sp³-hybridized carbons (Fsp3) is 0.765. The van der Waals surface area contributed by atoms with E-state index in [9.17, 15) is 4.79 Å². The fourth-order valence-electron chi connectivity index (χ4n) is 3.74. The minimum Gasteiger partial charge on any atom is -0.372 e. The van der Waals surface area contributed by atoms with Gasteiger partial charge in [-0.3, -0.25) is 4.79 Å². The van der Waals surface area contributed by atoms with E-state index in [1.807, 2.05) is 11.8 Å². The first-order chi connectivity index (χ1) is 11.1. The van der Waals surface area contributed by atoms with Crippen LogP contribution in [-0.2, 0) is 20.9 Å². The molecule has 5 nitrogen and oxygen atoms in total. The van der Waals surface area contributed by atoms with Crippen LogP contribution in [0.15, 0.2) is 5.38 Å². The molecule has 1 atom stereocenters. The van der Waals surface area contributed by atoms with Crippen molar-refractivity contribution in [3.8, 4) is 0 Å². The van der Waals surface area contributed by atoms with E-state index >= 15 is 0 Å². The standard InChI is InChI=1S/C17H24N2O3S/c1-12-18-14(9-23-12)8-21-15-5-6-22-17(7-15)10-19(11-17)16(20)13-3-2-4-13/h9,13,15H,2-8,10-11H2,1H3. The van der Waals surface area contributed by atoms with Gasteiger partial charge in [0.2, 0.25) is 5.91 Å². The third-order valence-electron chi connectivity index (χ3n) is 5.31. The van der Waals surface area contributed by atoms with Crippen LogP contribution < -0.4 is 0 Å². The van der Waals surface area contributed by atoms with Crippen LogP contribution in [0.25, 0.3) is 0 Å². The van der Waals surface area contributed by atoms with Crippen LogP contribution in [0.2, 0.25) is 0 Å². The normalized spacial score (nSPS) is 26.8. The van der Waals surface area contributed by atoms with E-state index in [-0.39, 0.29) is 17.6 Å². The quantitative estimate of drug-likeness (QED) is 0.848. The second kappa shape index (κ2) is 6.15. The highest BCUT2D eigenvalue weighted by molar-refractivity contribution is 7.09. The Morgan fingerprint density at radius 1 is 1.48 bits per heavy atom. The Bertz CT molecular complexity index is 578. The fourth-order valence-corrected chi connectivity index (χ4v) is 4.34. The van der Waals surface area contributed by atoms with Crippen molar-refractivity contribution in [1.82, 2.24) is 9.88 Å². The zero-order valence-electron chi connectivity index (χ0n) is 13.6. The number of carbonyl (C=O) groups excluding carboxylic acids is 1. The highest BCUT2D eigenvalue weighted by atomic mass is 32.1. The zero-order valence-corrected chi connectivity index (χ0v) is 14.4. The number of likely N-dealkylation sites (tertiary alicyclic amines) is 1. The van der Waals surface area contributed by atoms with Gasteiger partial charge in [0, 0.05) is 24.3 Å². The number of ether oxygens (including phenoxy) is 2. The summed E-state index contributed by atoms with van der Waals surface area (Å²) in [5, 5.41) is 3.14. The van der Waals surface area contributed by atoms with Gasteiger partial charge in [-0.05, 0) is 26.2 Å². The van der Waals surface area contributed by atoms with Crippen molar-refractivity contribution in [2.75, 3.05) is 19.7 Å². The van der Waals surface area contributed by atoms with Crippen molar-refractivity contribution in [3.05, 3.63) is 16.1 Å². The molecule has 1 aliphatic carbocycles. The Kier molecular flexibility index (Phi) is 4.15. The highest BCUT2D eigenvalue weighted by Crippen LogP contribution is 2.38. The number of aryl methyl sites for hydroxylation is 1. The second-order valence-electron chi connectivity index (χ2n) is 7.14. The van der Waals surface area contributed by atoms with Crippen molar-refractivity contribution in [2.45, 2.75) is 57.3 Å². The Labute approximate surface area is 141 Å². The number of amides is 1. The number of nitrogens with zero attached hydrogens (tertiary/aromatic N) is 2. The number of thiazole rings is 1. The van der Waals surface area contributed by atoms with Gasteiger partial charge in [-0.2, -0.15) is 0 Å². The molecule has 3 aliphatic rings. The lowest BCUT2D eigenvalue weighted by Gasteiger charge is -2.54. The Balaban J connectivity index is 1.27. The van der Waals surface area contributed by atoms with E-state index in [4.69, 9.17) is 9.47 Å². The van der Waals surface area contributed by atoms with E-state index in [0.717, 1.165) is 56.1 Å². The first-order valence-corrected chi connectivity index (χ1v) is 9.47. The molecule has 126 valence electrons. The Morgan fingerprint density at radius 2 is 2.30 bits per heavy atom. The molecule has 1 amide bonds. The molecule has 1 aromatic heterocycles. The van der Waals surface area contributed by atoms with Gasteiger partial charge in [0.05, 0.1) is 36.5 Å². The van der Waals surface area contributed by atoms with Crippen molar-refractivity contribution in [2.24, 2.45) is 5.92 Å². The average molecular weight is 336 g/mol. The lowest BCUT2D eigenvalue weighted by Crippen LogP contribution is -2.68. The van der Waals surface area contributed by atoms with Crippen molar-refractivity contribution in [1.29, 1.82) is 0 Å². The molecule has 2 aliphatic heterocycles.